The smallest absolute Gasteiger partial charge is 0.246 e. The predicted octanol–water partition coefficient (Wildman–Crippen LogP) is 1.93. The largest absolute Gasteiger partial charge is 0.497 e. The van der Waals surface area contributed by atoms with E-state index in [1.807, 2.05) is 23.1 Å². The fourth-order valence-electron chi connectivity index (χ4n) is 2.50. The topological polar surface area (TPSA) is 42.0 Å². The van der Waals surface area contributed by atoms with Gasteiger partial charge in [-0.15, -0.1) is 0 Å². The van der Waals surface area contributed by atoms with Gasteiger partial charge in [-0.1, -0.05) is 6.58 Å². The molecule has 1 aromatic carbocycles. The van der Waals surface area contributed by atoms with Crippen molar-refractivity contribution in [1.82, 2.24) is 4.90 Å². The minimum atomic E-state index is 0.0000674. The average molecular weight is 290 g/mol. The Hall–Kier alpha value is -2.17. The van der Waals surface area contributed by atoms with Gasteiger partial charge >= 0.3 is 0 Å². The summed E-state index contributed by atoms with van der Waals surface area (Å²) in [7, 11) is 3.29. The Morgan fingerprint density at radius 1 is 1.10 bits per heavy atom. The molecular weight excluding hydrogens is 268 g/mol. The van der Waals surface area contributed by atoms with E-state index in [1.165, 1.54) is 6.08 Å². The summed E-state index contributed by atoms with van der Waals surface area (Å²) in [4.78, 5) is 15.8. The molecule has 1 aromatic rings. The molecule has 0 saturated carbocycles. The zero-order chi connectivity index (χ0) is 15.2. The zero-order valence-corrected chi connectivity index (χ0v) is 12.7. The number of ether oxygens (including phenoxy) is 2. The van der Waals surface area contributed by atoms with Gasteiger partial charge in [-0.3, -0.25) is 4.79 Å². The van der Waals surface area contributed by atoms with Gasteiger partial charge in [0, 0.05) is 50.1 Å². The normalized spacial score (nSPS) is 15.3. The maximum Gasteiger partial charge on any atom is 0.246 e. The highest BCUT2D eigenvalue weighted by molar-refractivity contribution is 5.87. The van der Waals surface area contributed by atoms with Crippen molar-refractivity contribution in [2.45, 2.75) is 6.42 Å². The Labute approximate surface area is 125 Å². The summed E-state index contributed by atoms with van der Waals surface area (Å²) in [5.74, 6) is 1.54. The molecule has 2 rings (SSSR count). The van der Waals surface area contributed by atoms with Gasteiger partial charge in [0.05, 0.1) is 14.2 Å². The second-order valence-electron chi connectivity index (χ2n) is 4.94. The zero-order valence-electron chi connectivity index (χ0n) is 12.7. The van der Waals surface area contributed by atoms with Gasteiger partial charge in [-0.25, -0.2) is 0 Å². The van der Waals surface area contributed by atoms with Crippen molar-refractivity contribution in [2.24, 2.45) is 0 Å². The molecule has 21 heavy (non-hydrogen) atoms. The first-order chi connectivity index (χ1) is 10.2. The van der Waals surface area contributed by atoms with E-state index in [4.69, 9.17) is 9.47 Å². The van der Waals surface area contributed by atoms with Crippen LogP contribution in [0, 0.1) is 0 Å². The van der Waals surface area contributed by atoms with Crippen molar-refractivity contribution in [3.63, 3.8) is 0 Å². The predicted molar refractivity (Wildman–Crippen MR) is 83.2 cm³/mol. The van der Waals surface area contributed by atoms with Crippen molar-refractivity contribution < 1.29 is 14.3 Å². The molecule has 0 unspecified atom stereocenters. The fourth-order valence-corrected chi connectivity index (χ4v) is 2.50. The van der Waals surface area contributed by atoms with E-state index < -0.39 is 0 Å². The van der Waals surface area contributed by atoms with Gasteiger partial charge in [0.15, 0.2) is 0 Å². The molecule has 1 heterocycles. The molecule has 1 fully saturated rings. The molecule has 0 spiro atoms. The van der Waals surface area contributed by atoms with E-state index in [-0.39, 0.29) is 5.91 Å². The summed E-state index contributed by atoms with van der Waals surface area (Å²) in [6.45, 7) is 6.70. The van der Waals surface area contributed by atoms with Crippen LogP contribution in [0.25, 0.3) is 0 Å². The van der Waals surface area contributed by atoms with Crippen molar-refractivity contribution in [1.29, 1.82) is 0 Å². The van der Waals surface area contributed by atoms with Crippen molar-refractivity contribution in [3.05, 3.63) is 30.9 Å². The van der Waals surface area contributed by atoms with Crippen molar-refractivity contribution in [3.8, 4) is 11.5 Å². The molecule has 0 aromatic heterocycles. The number of carbonyl (C=O) groups excluding carboxylic acids is 1. The van der Waals surface area contributed by atoms with E-state index in [0.29, 0.717) is 6.54 Å². The van der Waals surface area contributed by atoms with Gasteiger partial charge in [-0.05, 0) is 12.5 Å². The number of amides is 1. The van der Waals surface area contributed by atoms with E-state index in [0.717, 1.165) is 43.2 Å². The second kappa shape index (κ2) is 7.02. The number of rotatable bonds is 4. The van der Waals surface area contributed by atoms with Crippen LogP contribution in [0.2, 0.25) is 0 Å². The lowest BCUT2D eigenvalue weighted by molar-refractivity contribution is -0.125. The number of hydrogen-bond donors (Lipinski definition) is 0. The molecule has 0 atom stereocenters. The first-order valence-electron chi connectivity index (χ1n) is 7.07. The Bertz CT molecular complexity index is 494. The van der Waals surface area contributed by atoms with Gasteiger partial charge in [0.25, 0.3) is 0 Å². The van der Waals surface area contributed by atoms with Crippen LogP contribution in [0.4, 0.5) is 5.69 Å². The van der Waals surface area contributed by atoms with Crippen LogP contribution in [-0.2, 0) is 4.79 Å². The van der Waals surface area contributed by atoms with Crippen LogP contribution in [0.15, 0.2) is 30.9 Å². The van der Waals surface area contributed by atoms with Crippen LogP contribution in [0.1, 0.15) is 6.42 Å². The lowest BCUT2D eigenvalue weighted by Gasteiger charge is -2.24. The maximum absolute atomic E-state index is 11.7. The molecule has 0 N–H and O–H groups in total. The number of hydrogen-bond acceptors (Lipinski definition) is 4. The second-order valence-corrected chi connectivity index (χ2v) is 4.94. The molecule has 1 aliphatic rings. The highest BCUT2D eigenvalue weighted by Gasteiger charge is 2.18. The molecule has 0 aliphatic carbocycles. The van der Waals surface area contributed by atoms with E-state index >= 15 is 0 Å². The monoisotopic (exact) mass is 290 g/mol. The minimum Gasteiger partial charge on any atom is -0.497 e. The molecular formula is C16H22N2O3. The summed E-state index contributed by atoms with van der Waals surface area (Å²) in [5.41, 5.74) is 1.05. The van der Waals surface area contributed by atoms with E-state index in [1.54, 1.807) is 14.2 Å². The molecule has 1 saturated heterocycles. The molecule has 0 bridgehead atoms. The summed E-state index contributed by atoms with van der Waals surface area (Å²) in [5, 5.41) is 0. The first-order valence-corrected chi connectivity index (χ1v) is 7.07. The highest BCUT2D eigenvalue weighted by Crippen LogP contribution is 2.29. The third-order valence-corrected chi connectivity index (χ3v) is 3.68. The third kappa shape index (κ3) is 3.68. The van der Waals surface area contributed by atoms with Crippen molar-refractivity contribution in [2.75, 3.05) is 45.3 Å². The average Bonchev–Trinajstić information content (AvgIpc) is 2.79. The first kappa shape index (κ1) is 15.2. The molecule has 5 heteroatoms. The minimum absolute atomic E-state index is 0.0000674. The van der Waals surface area contributed by atoms with Crippen molar-refractivity contribution >= 4 is 11.6 Å². The summed E-state index contributed by atoms with van der Waals surface area (Å²) >= 11 is 0. The molecule has 5 nitrogen and oxygen atoms in total. The number of methoxy groups -OCH3 is 2. The summed E-state index contributed by atoms with van der Waals surface area (Å²) in [6.07, 6.45) is 2.31. The third-order valence-electron chi connectivity index (χ3n) is 3.68. The molecule has 114 valence electrons. The Balaban J connectivity index is 2.15. The van der Waals surface area contributed by atoms with Gasteiger partial charge in [-0.2, -0.15) is 0 Å². The molecule has 1 amide bonds. The SMILES string of the molecule is C=CC(=O)N1CCCN(c2cc(OC)cc(OC)c2)CC1. The van der Waals surface area contributed by atoms with Crippen LogP contribution < -0.4 is 14.4 Å². The summed E-state index contributed by atoms with van der Waals surface area (Å²) in [6, 6.07) is 5.84. The van der Waals surface area contributed by atoms with Crippen LogP contribution in [0.3, 0.4) is 0 Å². The van der Waals surface area contributed by atoms with Crippen LogP contribution in [-0.4, -0.2) is 51.2 Å². The van der Waals surface area contributed by atoms with Crippen LogP contribution >= 0.6 is 0 Å². The number of benzene rings is 1. The molecule has 1 aliphatic heterocycles. The highest BCUT2D eigenvalue weighted by atomic mass is 16.5. The fraction of sp³-hybridized carbons (Fsp3) is 0.438. The summed E-state index contributed by atoms with van der Waals surface area (Å²) < 4.78 is 10.6. The van der Waals surface area contributed by atoms with Gasteiger partial charge < -0.3 is 19.3 Å². The Morgan fingerprint density at radius 2 is 1.76 bits per heavy atom. The number of anilines is 1. The molecule has 0 radical (unpaired) electrons. The lowest BCUT2D eigenvalue weighted by atomic mass is 10.2. The number of nitrogens with zero attached hydrogens (tertiary/aromatic N) is 2. The van der Waals surface area contributed by atoms with E-state index in [2.05, 4.69) is 11.5 Å². The van der Waals surface area contributed by atoms with Gasteiger partial charge in [0.1, 0.15) is 11.5 Å². The quantitative estimate of drug-likeness (QED) is 0.795. The van der Waals surface area contributed by atoms with Crippen LogP contribution in [0.5, 0.6) is 11.5 Å². The number of carbonyl (C=O) groups is 1. The maximum atomic E-state index is 11.7. The van der Waals surface area contributed by atoms with E-state index in [9.17, 15) is 4.79 Å². The standard InChI is InChI=1S/C16H22N2O3/c1-4-16(19)18-7-5-6-17(8-9-18)13-10-14(20-2)12-15(11-13)21-3/h4,10-12H,1,5-9H2,2-3H3. The van der Waals surface area contributed by atoms with Gasteiger partial charge in [0.2, 0.25) is 5.91 Å². The lowest BCUT2D eigenvalue weighted by Crippen LogP contribution is -2.34. The Kier molecular flexibility index (Phi) is 5.09. The Morgan fingerprint density at radius 3 is 2.33 bits per heavy atom.